The van der Waals surface area contributed by atoms with Crippen molar-refractivity contribution in [3.05, 3.63) is 17.9 Å². The van der Waals surface area contributed by atoms with E-state index in [1.54, 1.807) is 19.1 Å². The normalized spacial score (nSPS) is 12.5. The van der Waals surface area contributed by atoms with E-state index in [0.717, 1.165) is 0 Å². The molecule has 0 saturated heterocycles. The van der Waals surface area contributed by atoms with Gasteiger partial charge in [0.05, 0.1) is 0 Å². The third kappa shape index (κ3) is 10.5. The zero-order valence-electron chi connectivity index (χ0n) is 21.8. The van der Waals surface area contributed by atoms with E-state index < -0.39 is 44.8 Å². The zero-order chi connectivity index (χ0) is 23.5. The van der Waals surface area contributed by atoms with Gasteiger partial charge in [0, 0.05) is 0 Å². The maximum absolute atomic E-state index is 4.59. The summed E-state index contributed by atoms with van der Waals surface area (Å²) in [5.41, 5.74) is 2.06. The summed E-state index contributed by atoms with van der Waals surface area (Å²) < 4.78 is 9.48. The molecule has 0 aliphatic carbocycles. The predicted molar refractivity (Wildman–Crippen MR) is 155 cm³/mol. The van der Waals surface area contributed by atoms with E-state index in [-0.39, 0.29) is 0 Å². The van der Waals surface area contributed by atoms with Crippen LogP contribution < -0.4 is 10.4 Å². The Kier molecular flexibility index (Phi) is 14.1. The molecule has 2 rings (SSSR count). The van der Waals surface area contributed by atoms with Crippen molar-refractivity contribution in [1.82, 2.24) is 9.97 Å². The monoisotopic (exact) mass is 696 g/mol. The average molecular weight is 694 g/mol. The van der Waals surface area contributed by atoms with Gasteiger partial charge in [0.15, 0.2) is 0 Å². The average Bonchev–Trinajstić information content (AvgIpc) is 3.40. The molecule has 178 valence electrons. The number of rotatable bonds is 12. The second-order valence-corrected chi connectivity index (χ2v) is 47.8. The fraction of sp³-hybridized carbons (Fsp3) is 0.750. The maximum atomic E-state index is 4.59. The molecule has 2 aromatic heterocycles. The van der Waals surface area contributed by atoms with Gasteiger partial charge in [-0.15, -0.1) is 0 Å². The molecule has 0 aliphatic rings. The third-order valence-corrected chi connectivity index (χ3v) is 38.7. The topological polar surface area (TPSA) is 25.8 Å². The van der Waals surface area contributed by atoms with Crippen LogP contribution in [0.1, 0.15) is 59.3 Å². The molecule has 0 aromatic carbocycles. The predicted octanol–water partition coefficient (Wildman–Crippen LogP) is 7.43. The molecule has 0 radical (unpaired) electrons. The molecule has 0 saturated carbocycles. The second-order valence-electron chi connectivity index (χ2n) is 11.0. The molecule has 0 N–H and O–H groups in total. The molecule has 0 amide bonds. The van der Waals surface area contributed by atoms with Crippen molar-refractivity contribution in [3.63, 3.8) is 0 Å². The number of unbranched alkanes of at least 4 members (excludes halogenated alkanes) is 3. The molecule has 0 atom stereocenters. The van der Waals surface area contributed by atoms with Gasteiger partial charge in [0.1, 0.15) is 0 Å². The van der Waals surface area contributed by atoms with Gasteiger partial charge in [-0.25, -0.2) is 0 Å². The Bertz CT molecular complexity index is 668. The Morgan fingerprint density at radius 3 is 1.61 bits per heavy atom. The summed E-state index contributed by atoms with van der Waals surface area (Å²) in [6, 6.07) is 0. The van der Waals surface area contributed by atoms with Gasteiger partial charge in [0.2, 0.25) is 0 Å². The summed E-state index contributed by atoms with van der Waals surface area (Å²) in [5.74, 6) is 0. The van der Waals surface area contributed by atoms with E-state index >= 15 is 0 Å². The fourth-order valence-corrected chi connectivity index (χ4v) is 31.4. The second kappa shape index (κ2) is 14.5. The molecule has 7 heteroatoms. The Morgan fingerprint density at radius 2 is 1.32 bits per heavy atom. The summed E-state index contributed by atoms with van der Waals surface area (Å²) in [6.07, 6.45) is 12.8. The van der Waals surface area contributed by atoms with Gasteiger partial charge in [-0.2, -0.15) is 0 Å². The van der Waals surface area contributed by atoms with Crippen molar-refractivity contribution in [1.29, 1.82) is 0 Å². The summed E-state index contributed by atoms with van der Waals surface area (Å²) in [6.45, 7) is 14.1. The van der Waals surface area contributed by atoms with E-state index in [1.807, 2.05) is 22.7 Å². The van der Waals surface area contributed by atoms with Crippen LogP contribution in [0, 0.1) is 0 Å². The van der Waals surface area contributed by atoms with E-state index in [4.69, 9.17) is 0 Å². The van der Waals surface area contributed by atoms with Gasteiger partial charge in [-0.3, -0.25) is 0 Å². The number of nitrogens with zero attached hydrogens (tertiary/aromatic N) is 2. The van der Waals surface area contributed by atoms with Crippen LogP contribution in [0.25, 0.3) is 0 Å². The number of aromatic nitrogens is 2. The molecule has 0 fully saturated rings. The number of hydrogen-bond acceptors (Lipinski definition) is 4. The van der Waals surface area contributed by atoms with Gasteiger partial charge < -0.3 is 0 Å². The molecule has 2 heterocycles. The quantitative estimate of drug-likeness (QED) is 0.216. The SMILES string of the molecule is CCC[CH2][Sn]([CH2]CCC)([CH2]CCC)[c]1cncs1.C[Si](C)(C)c1nc[c]([Sn]([CH3])([CH3])[CH3])s1. The Morgan fingerprint density at radius 1 is 0.806 bits per heavy atom. The number of thiazole rings is 2. The van der Waals surface area contributed by atoms with E-state index in [9.17, 15) is 0 Å². The molecule has 2 aromatic rings. The van der Waals surface area contributed by atoms with Gasteiger partial charge in [-0.1, -0.05) is 0 Å². The molecular weight excluding hydrogens is 646 g/mol. The summed E-state index contributed by atoms with van der Waals surface area (Å²) in [7, 11) is -1.15. The summed E-state index contributed by atoms with van der Waals surface area (Å²) >= 11 is 0.0621. The summed E-state index contributed by atoms with van der Waals surface area (Å²) in [5, 5.41) is 0. The molecule has 0 aliphatic heterocycles. The first-order valence-corrected chi connectivity index (χ1v) is 35.0. The van der Waals surface area contributed by atoms with Crippen molar-refractivity contribution in [2.45, 2.75) is 107 Å². The first-order chi connectivity index (χ1) is 14.5. The number of hydrogen-bond donors (Lipinski definition) is 0. The van der Waals surface area contributed by atoms with E-state index in [1.165, 1.54) is 43.2 Å². The van der Waals surface area contributed by atoms with Crippen LogP contribution in [0.3, 0.4) is 0 Å². The van der Waals surface area contributed by atoms with Crippen LogP contribution in [0.2, 0.25) is 47.8 Å². The van der Waals surface area contributed by atoms with Crippen molar-refractivity contribution in [3.8, 4) is 0 Å². The van der Waals surface area contributed by atoms with Crippen LogP contribution in [-0.4, -0.2) is 54.8 Å². The van der Waals surface area contributed by atoms with Gasteiger partial charge in [-0.05, 0) is 0 Å². The molecular formula is C24H48N2S2SiSn2. The Labute approximate surface area is 210 Å². The van der Waals surface area contributed by atoms with Gasteiger partial charge >= 0.3 is 213 Å². The van der Waals surface area contributed by atoms with Crippen molar-refractivity contribution in [2.75, 3.05) is 0 Å². The Balaban J connectivity index is 0.000000327. The van der Waals surface area contributed by atoms with Gasteiger partial charge in [0.25, 0.3) is 0 Å². The molecule has 0 unspecified atom stereocenters. The van der Waals surface area contributed by atoms with E-state index in [0.29, 0.717) is 0 Å². The Hall–Kier alpha value is 1.07. The first-order valence-electron chi connectivity index (χ1n) is 12.4. The standard InChI is InChI=1S/C6H10NSSi.3C4H9.C3H2NS.3CH3.2Sn/c1-9(2,3)6-7-4-5-8-6;3*1-3-4-2;1-2-5-3-4-1;;;;;/h4H,1-3H3;3*1,3-4H2,2H3;1,3H;3*1H3;;. The van der Waals surface area contributed by atoms with Crippen LogP contribution >= 0.6 is 22.7 Å². The first kappa shape index (κ1) is 30.1. The minimum atomic E-state index is -2.08. The van der Waals surface area contributed by atoms with Crippen LogP contribution in [0.5, 0.6) is 0 Å². The van der Waals surface area contributed by atoms with Crippen LogP contribution in [-0.2, 0) is 0 Å². The molecule has 31 heavy (non-hydrogen) atoms. The van der Waals surface area contributed by atoms with Crippen molar-refractivity contribution < 1.29 is 0 Å². The van der Waals surface area contributed by atoms with Crippen LogP contribution in [0.15, 0.2) is 17.9 Å². The molecule has 2 nitrogen and oxygen atoms in total. The van der Waals surface area contributed by atoms with E-state index in [2.05, 4.69) is 83.1 Å². The zero-order valence-corrected chi connectivity index (χ0v) is 30.1. The van der Waals surface area contributed by atoms with Crippen molar-refractivity contribution >= 4 is 77.9 Å². The molecule has 0 bridgehead atoms. The van der Waals surface area contributed by atoms with Crippen molar-refractivity contribution in [2.24, 2.45) is 0 Å². The third-order valence-electron chi connectivity index (χ3n) is 5.87. The summed E-state index contributed by atoms with van der Waals surface area (Å²) in [4.78, 5) is 16.3. The van der Waals surface area contributed by atoms with Crippen LogP contribution in [0.4, 0.5) is 0 Å². The fourth-order valence-electron chi connectivity index (χ4n) is 3.74. The minimum absolute atomic E-state index is 1.15. The molecule has 0 spiro atoms.